The summed E-state index contributed by atoms with van der Waals surface area (Å²) in [6.45, 7) is 2.43. The van der Waals surface area contributed by atoms with E-state index in [0.29, 0.717) is 12.0 Å². The van der Waals surface area contributed by atoms with Crippen LogP contribution in [0.2, 0.25) is 0 Å². The van der Waals surface area contributed by atoms with E-state index >= 15 is 0 Å². The molecular weight excluding hydrogens is 354 g/mol. The number of hydrogen-bond donors (Lipinski definition) is 0. The Morgan fingerprint density at radius 1 is 1.11 bits per heavy atom. The Balaban J connectivity index is 1.53. The first-order valence-corrected chi connectivity index (χ1v) is 10.9. The lowest BCUT2D eigenvalue weighted by Crippen LogP contribution is -2.71. The summed E-state index contributed by atoms with van der Waals surface area (Å²) in [4.78, 5) is 2.81. The van der Waals surface area contributed by atoms with Crippen molar-refractivity contribution in [2.45, 2.75) is 61.9 Å². The molecule has 5 aliphatic rings. The van der Waals surface area contributed by atoms with Crippen molar-refractivity contribution in [3.05, 3.63) is 23.3 Å². The Kier molecular flexibility index (Phi) is 3.68. The van der Waals surface area contributed by atoms with Crippen LogP contribution in [0.15, 0.2) is 12.1 Å². The van der Waals surface area contributed by atoms with Gasteiger partial charge in [-0.15, -0.1) is 0 Å². The highest BCUT2D eigenvalue weighted by atomic mass is 16.7. The van der Waals surface area contributed by atoms with Crippen LogP contribution >= 0.6 is 0 Å². The lowest BCUT2D eigenvalue weighted by Gasteiger charge is -2.61. The minimum Gasteiger partial charge on any atom is -0.493 e. The maximum absolute atomic E-state index is 6.73. The van der Waals surface area contributed by atoms with Crippen LogP contribution in [-0.2, 0) is 21.3 Å². The largest absolute Gasteiger partial charge is 0.493 e. The molecule has 5 heteroatoms. The molecule has 4 atom stereocenters. The predicted molar refractivity (Wildman–Crippen MR) is 105 cm³/mol. The van der Waals surface area contributed by atoms with Gasteiger partial charge in [-0.1, -0.05) is 6.07 Å². The van der Waals surface area contributed by atoms with E-state index in [2.05, 4.69) is 17.0 Å². The molecule has 1 spiro atoms. The second-order valence-corrected chi connectivity index (χ2v) is 9.49. The monoisotopic (exact) mass is 385 g/mol. The van der Waals surface area contributed by atoms with E-state index in [-0.39, 0.29) is 11.5 Å². The van der Waals surface area contributed by atoms with E-state index in [4.69, 9.17) is 18.9 Å². The molecule has 6 rings (SSSR count). The molecule has 28 heavy (non-hydrogen) atoms. The molecule has 5 nitrogen and oxygen atoms in total. The lowest BCUT2D eigenvalue weighted by atomic mass is 9.50. The Labute approximate surface area is 167 Å². The summed E-state index contributed by atoms with van der Waals surface area (Å²) in [7, 11) is 5.28. The molecule has 0 N–H and O–H groups in total. The molecule has 0 aromatic heterocycles. The number of nitrogens with zero attached hydrogens (tertiary/aromatic N) is 1. The number of ether oxygens (including phenoxy) is 4. The third kappa shape index (κ3) is 2.03. The molecule has 0 amide bonds. The summed E-state index contributed by atoms with van der Waals surface area (Å²) < 4.78 is 24.5. The van der Waals surface area contributed by atoms with Gasteiger partial charge in [0.25, 0.3) is 0 Å². The van der Waals surface area contributed by atoms with Gasteiger partial charge in [0.1, 0.15) is 0 Å². The topological polar surface area (TPSA) is 40.2 Å². The molecule has 2 aliphatic heterocycles. The van der Waals surface area contributed by atoms with Crippen molar-refractivity contribution >= 4 is 0 Å². The molecule has 1 aromatic carbocycles. The molecule has 2 heterocycles. The predicted octanol–water partition coefficient (Wildman–Crippen LogP) is 3.13. The van der Waals surface area contributed by atoms with Crippen molar-refractivity contribution in [2.24, 2.45) is 11.8 Å². The van der Waals surface area contributed by atoms with Gasteiger partial charge in [-0.2, -0.15) is 0 Å². The third-order valence-electron chi connectivity index (χ3n) is 8.52. The van der Waals surface area contributed by atoms with Gasteiger partial charge in [0.2, 0.25) is 5.79 Å². The van der Waals surface area contributed by atoms with Gasteiger partial charge in [-0.3, -0.25) is 4.90 Å². The molecule has 2 saturated carbocycles. The Bertz CT molecular complexity index is 802. The average Bonchev–Trinajstić information content (AvgIpc) is 3.47. The highest BCUT2D eigenvalue weighted by Crippen LogP contribution is 2.66. The molecular formula is C23H31NO4. The summed E-state index contributed by atoms with van der Waals surface area (Å²) in [5.74, 6) is 2.64. The van der Waals surface area contributed by atoms with Crippen molar-refractivity contribution in [1.29, 1.82) is 0 Å². The van der Waals surface area contributed by atoms with Crippen LogP contribution in [-0.4, -0.2) is 57.3 Å². The van der Waals surface area contributed by atoms with E-state index in [1.165, 1.54) is 30.5 Å². The zero-order valence-electron chi connectivity index (χ0n) is 17.2. The number of piperidine rings is 1. The van der Waals surface area contributed by atoms with Gasteiger partial charge in [-0.05, 0) is 62.1 Å². The SMILES string of the molecule is COc1ccc2c3c1OC1C(OC)(OC)CCC4[C@H](C2)N(CC2CC2)CCC341. The number of hydrogen-bond acceptors (Lipinski definition) is 5. The highest BCUT2D eigenvalue weighted by molar-refractivity contribution is 5.61. The fourth-order valence-corrected chi connectivity index (χ4v) is 7.11. The minimum atomic E-state index is -0.682. The average molecular weight is 386 g/mol. The van der Waals surface area contributed by atoms with Crippen LogP contribution < -0.4 is 9.47 Å². The third-order valence-corrected chi connectivity index (χ3v) is 8.52. The number of rotatable bonds is 5. The standard InChI is InChI=1S/C23H31NO4/c1-25-18-7-6-15-12-17-16-8-9-23(26-2,27-3)21-22(16,19(15)20(18)28-21)10-11-24(17)13-14-4-5-14/h6-7,14,16-17,21H,4-5,8-13H2,1-3H3/t16?,17-,21?,22?/m0/s1. The van der Waals surface area contributed by atoms with Gasteiger partial charge < -0.3 is 18.9 Å². The summed E-state index contributed by atoms with van der Waals surface area (Å²) >= 11 is 0. The van der Waals surface area contributed by atoms with Crippen LogP contribution in [0.25, 0.3) is 0 Å². The van der Waals surface area contributed by atoms with Crippen molar-refractivity contribution in [2.75, 3.05) is 34.4 Å². The van der Waals surface area contributed by atoms with Gasteiger partial charge >= 0.3 is 0 Å². The normalized spacial score (nSPS) is 37.3. The number of methoxy groups -OCH3 is 3. The summed E-state index contributed by atoms with van der Waals surface area (Å²) in [6, 6.07) is 4.98. The van der Waals surface area contributed by atoms with Crippen LogP contribution in [0, 0.1) is 11.8 Å². The van der Waals surface area contributed by atoms with Crippen molar-refractivity contribution in [1.82, 2.24) is 4.90 Å². The molecule has 3 aliphatic carbocycles. The first-order valence-electron chi connectivity index (χ1n) is 10.9. The van der Waals surface area contributed by atoms with Crippen LogP contribution in [0.5, 0.6) is 11.5 Å². The first-order chi connectivity index (χ1) is 13.7. The second kappa shape index (κ2) is 5.87. The van der Waals surface area contributed by atoms with Crippen LogP contribution in [0.4, 0.5) is 0 Å². The van der Waals surface area contributed by atoms with Crippen molar-refractivity contribution in [3.63, 3.8) is 0 Å². The summed E-state index contributed by atoms with van der Waals surface area (Å²) in [5, 5.41) is 0. The maximum Gasteiger partial charge on any atom is 0.206 e. The summed E-state index contributed by atoms with van der Waals surface area (Å²) in [6.07, 6.45) is 6.99. The van der Waals surface area contributed by atoms with Crippen molar-refractivity contribution in [3.8, 4) is 11.5 Å². The van der Waals surface area contributed by atoms with E-state index in [9.17, 15) is 0 Å². The van der Waals surface area contributed by atoms with E-state index < -0.39 is 5.79 Å². The minimum absolute atomic E-state index is 0.0214. The Morgan fingerprint density at radius 3 is 2.64 bits per heavy atom. The maximum atomic E-state index is 6.73. The van der Waals surface area contributed by atoms with Gasteiger partial charge in [0.05, 0.1) is 7.11 Å². The zero-order chi connectivity index (χ0) is 19.1. The van der Waals surface area contributed by atoms with E-state index in [1.54, 1.807) is 21.3 Å². The zero-order valence-corrected chi connectivity index (χ0v) is 17.2. The molecule has 0 radical (unpaired) electrons. The first kappa shape index (κ1) is 17.5. The Morgan fingerprint density at radius 2 is 1.93 bits per heavy atom. The van der Waals surface area contributed by atoms with Crippen LogP contribution in [0.3, 0.4) is 0 Å². The second-order valence-electron chi connectivity index (χ2n) is 9.49. The van der Waals surface area contributed by atoms with Crippen molar-refractivity contribution < 1.29 is 18.9 Å². The summed E-state index contributed by atoms with van der Waals surface area (Å²) in [5.41, 5.74) is 2.83. The molecule has 2 bridgehead atoms. The van der Waals surface area contributed by atoms with E-state index in [0.717, 1.165) is 49.6 Å². The molecule has 152 valence electrons. The molecule has 1 aromatic rings. The molecule has 1 saturated heterocycles. The van der Waals surface area contributed by atoms with Crippen LogP contribution in [0.1, 0.15) is 43.2 Å². The van der Waals surface area contributed by atoms with Gasteiger partial charge in [-0.25, -0.2) is 0 Å². The van der Waals surface area contributed by atoms with E-state index in [1.807, 2.05) is 0 Å². The molecule has 3 unspecified atom stereocenters. The lowest BCUT2D eigenvalue weighted by molar-refractivity contribution is -0.292. The quantitative estimate of drug-likeness (QED) is 0.729. The van der Waals surface area contributed by atoms with Gasteiger partial charge in [0, 0.05) is 44.2 Å². The Hall–Kier alpha value is -1.30. The fourth-order valence-electron chi connectivity index (χ4n) is 7.11. The number of benzene rings is 1. The fraction of sp³-hybridized carbons (Fsp3) is 0.739. The molecule has 3 fully saturated rings. The smallest absolute Gasteiger partial charge is 0.206 e. The van der Waals surface area contributed by atoms with Gasteiger partial charge in [0.15, 0.2) is 17.6 Å². The highest BCUT2D eigenvalue weighted by Gasteiger charge is 2.70. The number of likely N-dealkylation sites (tertiary alicyclic amines) is 1.